The lowest BCUT2D eigenvalue weighted by Gasteiger charge is -2.26. The third-order valence-corrected chi connectivity index (χ3v) is 5.00. The van der Waals surface area contributed by atoms with Crippen molar-refractivity contribution in [1.82, 2.24) is 14.8 Å². The molecule has 0 bridgehead atoms. The zero-order valence-corrected chi connectivity index (χ0v) is 13.4. The van der Waals surface area contributed by atoms with E-state index in [1.165, 1.54) is 32.1 Å². The number of benzene rings is 1. The van der Waals surface area contributed by atoms with Crippen molar-refractivity contribution >= 4 is 12.2 Å². The summed E-state index contributed by atoms with van der Waals surface area (Å²) in [6, 6.07) is 10.3. The van der Waals surface area contributed by atoms with Gasteiger partial charge in [0, 0.05) is 12.1 Å². The van der Waals surface area contributed by atoms with Crippen LogP contribution in [0.3, 0.4) is 0 Å². The van der Waals surface area contributed by atoms with Gasteiger partial charge in [0.1, 0.15) is 0 Å². The van der Waals surface area contributed by atoms with Crippen molar-refractivity contribution in [3.05, 3.63) is 35.1 Å². The fourth-order valence-corrected chi connectivity index (χ4v) is 3.49. The summed E-state index contributed by atoms with van der Waals surface area (Å²) >= 11 is 5.40. The number of hydrogen-bond acceptors (Lipinski definition) is 2. The van der Waals surface area contributed by atoms with Crippen LogP contribution in [0.4, 0.5) is 0 Å². The molecule has 1 N–H and O–H groups in total. The Morgan fingerprint density at radius 3 is 2.62 bits per heavy atom. The Bertz CT molecular complexity index is 621. The maximum absolute atomic E-state index is 5.40. The fourth-order valence-electron chi connectivity index (χ4n) is 3.26. The van der Waals surface area contributed by atoms with Crippen LogP contribution >= 0.6 is 12.2 Å². The molecule has 2 aromatic rings. The van der Waals surface area contributed by atoms with Crippen LogP contribution in [0.15, 0.2) is 30.3 Å². The summed E-state index contributed by atoms with van der Waals surface area (Å²) in [7, 11) is 0. The average Bonchev–Trinajstić information content (AvgIpc) is 2.89. The molecule has 1 aromatic carbocycles. The lowest BCUT2D eigenvalue weighted by Crippen LogP contribution is -2.14. The van der Waals surface area contributed by atoms with Gasteiger partial charge in [-0.2, -0.15) is 5.10 Å². The third-order valence-electron chi connectivity index (χ3n) is 4.69. The highest BCUT2D eigenvalue weighted by molar-refractivity contribution is 7.71. The van der Waals surface area contributed by atoms with Gasteiger partial charge in [0.15, 0.2) is 10.6 Å². The number of nitrogens with one attached hydrogen (secondary N) is 1. The van der Waals surface area contributed by atoms with Crippen molar-refractivity contribution in [2.45, 2.75) is 45.6 Å². The highest BCUT2D eigenvalue weighted by Gasteiger charge is 2.18. The van der Waals surface area contributed by atoms with E-state index in [0.29, 0.717) is 0 Å². The maximum atomic E-state index is 5.40. The highest BCUT2D eigenvalue weighted by Crippen LogP contribution is 2.31. The average molecular weight is 301 g/mol. The topological polar surface area (TPSA) is 33.6 Å². The van der Waals surface area contributed by atoms with E-state index in [-0.39, 0.29) is 0 Å². The predicted octanol–water partition coefficient (Wildman–Crippen LogP) is 4.82. The Hall–Kier alpha value is -1.42. The van der Waals surface area contributed by atoms with Gasteiger partial charge >= 0.3 is 0 Å². The molecule has 3 rings (SSSR count). The largest absolute Gasteiger partial charge is 0.300 e. The Kier molecular flexibility index (Phi) is 4.54. The first-order valence-corrected chi connectivity index (χ1v) is 8.35. The predicted molar refractivity (Wildman–Crippen MR) is 88.6 cm³/mol. The summed E-state index contributed by atoms with van der Waals surface area (Å²) in [6.07, 6.45) is 6.71. The van der Waals surface area contributed by atoms with E-state index in [1.54, 1.807) is 0 Å². The van der Waals surface area contributed by atoms with E-state index < -0.39 is 0 Å². The van der Waals surface area contributed by atoms with Gasteiger partial charge in [-0.3, -0.25) is 5.10 Å². The summed E-state index contributed by atoms with van der Waals surface area (Å²) < 4.78 is 2.89. The molecule has 1 aromatic heterocycles. The minimum absolute atomic E-state index is 0.734. The Morgan fingerprint density at radius 1 is 1.19 bits per heavy atom. The molecular weight excluding hydrogens is 278 g/mol. The van der Waals surface area contributed by atoms with Gasteiger partial charge in [-0.05, 0) is 30.5 Å². The van der Waals surface area contributed by atoms with Gasteiger partial charge in [-0.15, -0.1) is 0 Å². The van der Waals surface area contributed by atoms with Gasteiger partial charge in [-0.1, -0.05) is 62.9 Å². The molecule has 0 radical (unpaired) electrons. The molecule has 1 aliphatic rings. The van der Waals surface area contributed by atoms with Crippen LogP contribution in [-0.2, 0) is 6.54 Å². The monoisotopic (exact) mass is 301 g/mol. The molecule has 112 valence electrons. The van der Waals surface area contributed by atoms with Crippen molar-refractivity contribution in [2.75, 3.05) is 0 Å². The van der Waals surface area contributed by atoms with E-state index in [9.17, 15) is 0 Å². The summed E-state index contributed by atoms with van der Waals surface area (Å²) in [4.78, 5) is 0. The van der Waals surface area contributed by atoms with E-state index >= 15 is 0 Å². The van der Waals surface area contributed by atoms with Gasteiger partial charge in [0.2, 0.25) is 0 Å². The molecule has 0 amide bonds. The molecule has 0 unspecified atom stereocenters. The second-order valence-electron chi connectivity index (χ2n) is 6.28. The van der Waals surface area contributed by atoms with Crippen LogP contribution in [0.5, 0.6) is 0 Å². The SMILES string of the molecule is CC1CCC(CCn2c(-c3ccccc3)n[nH]c2=S)CC1. The zero-order chi connectivity index (χ0) is 14.7. The first-order valence-electron chi connectivity index (χ1n) is 7.94. The molecule has 1 heterocycles. The van der Waals surface area contributed by atoms with Crippen LogP contribution in [0, 0.1) is 16.6 Å². The molecule has 0 atom stereocenters. The van der Waals surface area contributed by atoms with E-state index in [2.05, 4.69) is 33.8 Å². The summed E-state index contributed by atoms with van der Waals surface area (Å²) in [5.74, 6) is 2.73. The molecule has 4 heteroatoms. The minimum Gasteiger partial charge on any atom is -0.300 e. The highest BCUT2D eigenvalue weighted by atomic mass is 32.1. The smallest absolute Gasteiger partial charge is 0.195 e. The summed E-state index contributed by atoms with van der Waals surface area (Å²) in [5.41, 5.74) is 1.13. The van der Waals surface area contributed by atoms with Gasteiger partial charge in [0.25, 0.3) is 0 Å². The summed E-state index contributed by atoms with van der Waals surface area (Å²) in [6.45, 7) is 3.34. The van der Waals surface area contributed by atoms with Crippen molar-refractivity contribution in [3.63, 3.8) is 0 Å². The molecule has 0 spiro atoms. The minimum atomic E-state index is 0.734. The second kappa shape index (κ2) is 6.56. The third kappa shape index (κ3) is 3.43. The number of hydrogen-bond donors (Lipinski definition) is 1. The second-order valence-corrected chi connectivity index (χ2v) is 6.67. The Labute approximate surface area is 131 Å². The number of aromatic nitrogens is 3. The lowest BCUT2D eigenvalue weighted by atomic mass is 9.81. The maximum Gasteiger partial charge on any atom is 0.195 e. The van der Waals surface area contributed by atoms with Crippen molar-refractivity contribution in [2.24, 2.45) is 11.8 Å². The van der Waals surface area contributed by atoms with Crippen LogP contribution < -0.4 is 0 Å². The number of rotatable bonds is 4. The lowest BCUT2D eigenvalue weighted by molar-refractivity contribution is 0.269. The molecule has 1 aliphatic carbocycles. The molecule has 0 saturated heterocycles. The van der Waals surface area contributed by atoms with Gasteiger partial charge in [-0.25, -0.2) is 0 Å². The number of nitrogens with zero attached hydrogens (tertiary/aromatic N) is 2. The molecular formula is C17H23N3S. The molecule has 1 saturated carbocycles. The van der Waals surface area contributed by atoms with Gasteiger partial charge < -0.3 is 4.57 Å². The molecule has 21 heavy (non-hydrogen) atoms. The van der Waals surface area contributed by atoms with Crippen LogP contribution in [0.25, 0.3) is 11.4 Å². The van der Waals surface area contributed by atoms with E-state index in [0.717, 1.165) is 34.5 Å². The standard InChI is InChI=1S/C17H23N3S/c1-13-7-9-14(10-8-13)11-12-20-16(18-19-17(20)21)15-5-3-2-4-6-15/h2-6,13-14H,7-12H2,1H3,(H,19,21). The number of aromatic amines is 1. The normalized spacial score (nSPS) is 22.3. The summed E-state index contributed by atoms with van der Waals surface area (Å²) in [5, 5.41) is 7.35. The van der Waals surface area contributed by atoms with Crippen molar-refractivity contribution in [1.29, 1.82) is 0 Å². The molecule has 1 fully saturated rings. The first kappa shape index (κ1) is 14.5. The van der Waals surface area contributed by atoms with Crippen molar-refractivity contribution in [3.8, 4) is 11.4 Å². The quantitative estimate of drug-likeness (QED) is 0.821. The van der Waals surface area contributed by atoms with E-state index in [4.69, 9.17) is 12.2 Å². The van der Waals surface area contributed by atoms with Crippen molar-refractivity contribution < 1.29 is 0 Å². The molecule has 0 aliphatic heterocycles. The number of H-pyrrole nitrogens is 1. The fraction of sp³-hybridized carbons (Fsp3) is 0.529. The van der Waals surface area contributed by atoms with Crippen LogP contribution in [0.1, 0.15) is 39.0 Å². The zero-order valence-electron chi connectivity index (χ0n) is 12.6. The first-order chi connectivity index (χ1) is 10.2. The molecule has 3 nitrogen and oxygen atoms in total. The van der Waals surface area contributed by atoms with Crippen LogP contribution in [-0.4, -0.2) is 14.8 Å². The van der Waals surface area contributed by atoms with Crippen LogP contribution in [0.2, 0.25) is 0 Å². The van der Waals surface area contributed by atoms with E-state index in [1.807, 2.05) is 18.2 Å². The van der Waals surface area contributed by atoms with Gasteiger partial charge in [0.05, 0.1) is 0 Å². The Morgan fingerprint density at radius 2 is 1.90 bits per heavy atom. The Balaban J connectivity index is 1.71.